The topological polar surface area (TPSA) is 61.5 Å². The zero-order valence-electron chi connectivity index (χ0n) is 12.4. The normalized spacial score (nSPS) is 10.4. The molecule has 4 nitrogen and oxygen atoms in total. The number of carbonyl (C=O) groups excluding carboxylic acids is 1. The van der Waals surface area contributed by atoms with E-state index in [1.54, 1.807) is 7.11 Å². The van der Waals surface area contributed by atoms with Crippen LogP contribution >= 0.6 is 11.3 Å². The summed E-state index contributed by atoms with van der Waals surface area (Å²) in [5.74, 6) is 0.455. The van der Waals surface area contributed by atoms with E-state index in [-0.39, 0.29) is 5.97 Å². The van der Waals surface area contributed by atoms with Crippen LogP contribution in [0.2, 0.25) is 0 Å². The number of aryl methyl sites for hydroxylation is 1. The van der Waals surface area contributed by atoms with Crippen molar-refractivity contribution in [1.29, 1.82) is 0 Å². The number of rotatable bonds is 5. The Hall–Kier alpha value is -2.01. The Morgan fingerprint density at radius 1 is 1.38 bits per heavy atom. The van der Waals surface area contributed by atoms with E-state index in [0.717, 1.165) is 28.9 Å². The van der Waals surface area contributed by atoms with Gasteiger partial charge < -0.3 is 15.2 Å². The van der Waals surface area contributed by atoms with Gasteiger partial charge in [-0.05, 0) is 36.6 Å². The molecule has 2 aromatic rings. The molecule has 0 unspecified atom stereocenters. The molecule has 0 saturated heterocycles. The molecule has 1 aromatic heterocycles. The summed E-state index contributed by atoms with van der Waals surface area (Å²) in [5, 5.41) is 2.37. The summed E-state index contributed by atoms with van der Waals surface area (Å²) in [6, 6.07) is 5.79. The van der Waals surface area contributed by atoms with Gasteiger partial charge in [-0.2, -0.15) is 0 Å². The summed E-state index contributed by atoms with van der Waals surface area (Å²) < 4.78 is 10.5. The second-order valence-corrected chi connectivity index (χ2v) is 5.62. The van der Waals surface area contributed by atoms with Gasteiger partial charge in [0, 0.05) is 10.9 Å². The predicted octanol–water partition coefficient (Wildman–Crippen LogP) is 3.88. The highest BCUT2D eigenvalue weighted by Crippen LogP contribution is 2.35. The molecule has 1 aromatic carbocycles. The minimum absolute atomic E-state index is 0.362. The highest BCUT2D eigenvalue weighted by Gasteiger charge is 2.20. The monoisotopic (exact) mass is 305 g/mol. The van der Waals surface area contributed by atoms with Crippen LogP contribution < -0.4 is 10.5 Å². The Labute approximate surface area is 128 Å². The molecule has 0 aliphatic rings. The summed E-state index contributed by atoms with van der Waals surface area (Å²) in [4.78, 5) is 12.2. The van der Waals surface area contributed by atoms with Crippen LogP contribution in [0.15, 0.2) is 23.6 Å². The number of ether oxygens (including phenoxy) is 2. The second kappa shape index (κ2) is 6.63. The third-order valence-corrected chi connectivity index (χ3v) is 3.98. The maximum Gasteiger partial charge on any atom is 0.341 e. The molecular formula is C16H19NO3S. The molecule has 21 heavy (non-hydrogen) atoms. The van der Waals surface area contributed by atoms with Crippen molar-refractivity contribution in [3.05, 3.63) is 34.7 Å². The first kappa shape index (κ1) is 15.4. The highest BCUT2D eigenvalue weighted by atomic mass is 32.1. The average Bonchev–Trinajstić information content (AvgIpc) is 2.86. The fourth-order valence-electron chi connectivity index (χ4n) is 2.11. The zero-order chi connectivity index (χ0) is 15.4. The van der Waals surface area contributed by atoms with E-state index in [2.05, 4.69) is 0 Å². The molecule has 0 saturated carbocycles. The first-order valence-corrected chi connectivity index (χ1v) is 7.65. The Balaban J connectivity index is 2.41. The largest absolute Gasteiger partial charge is 0.496 e. The molecule has 0 atom stereocenters. The van der Waals surface area contributed by atoms with Crippen LogP contribution in [0.4, 0.5) is 5.00 Å². The number of anilines is 1. The molecule has 0 fully saturated rings. The van der Waals surface area contributed by atoms with E-state index in [0.29, 0.717) is 17.2 Å². The van der Waals surface area contributed by atoms with Gasteiger partial charge in [-0.25, -0.2) is 4.79 Å². The maximum absolute atomic E-state index is 12.2. The number of thiophene rings is 1. The van der Waals surface area contributed by atoms with Gasteiger partial charge in [0.2, 0.25) is 0 Å². The summed E-state index contributed by atoms with van der Waals surface area (Å²) >= 11 is 1.35. The maximum atomic E-state index is 12.2. The molecule has 0 amide bonds. The van der Waals surface area contributed by atoms with Crippen molar-refractivity contribution in [3.8, 4) is 16.9 Å². The molecule has 0 aliphatic heterocycles. The molecule has 112 valence electrons. The molecule has 2 rings (SSSR count). The lowest BCUT2D eigenvalue weighted by Gasteiger charge is -2.09. The van der Waals surface area contributed by atoms with E-state index in [4.69, 9.17) is 15.2 Å². The third-order valence-electron chi connectivity index (χ3n) is 3.17. The van der Waals surface area contributed by atoms with Crippen LogP contribution in [0, 0.1) is 6.92 Å². The van der Waals surface area contributed by atoms with E-state index < -0.39 is 0 Å². The molecule has 0 spiro atoms. The Bertz CT molecular complexity index is 649. The van der Waals surface area contributed by atoms with Crippen LogP contribution in [-0.2, 0) is 4.74 Å². The average molecular weight is 305 g/mol. The Morgan fingerprint density at radius 3 is 2.76 bits per heavy atom. The Kier molecular flexibility index (Phi) is 4.85. The van der Waals surface area contributed by atoms with Crippen molar-refractivity contribution < 1.29 is 14.3 Å². The number of esters is 1. The fourth-order valence-corrected chi connectivity index (χ4v) is 2.92. The Morgan fingerprint density at radius 2 is 2.14 bits per heavy atom. The molecule has 0 aliphatic carbocycles. The van der Waals surface area contributed by atoms with Gasteiger partial charge in [0.1, 0.15) is 16.3 Å². The molecule has 0 bridgehead atoms. The van der Waals surface area contributed by atoms with Crippen molar-refractivity contribution in [1.82, 2.24) is 0 Å². The number of nitrogen functional groups attached to an aromatic ring is 1. The quantitative estimate of drug-likeness (QED) is 0.852. The lowest BCUT2D eigenvalue weighted by atomic mass is 10.0. The van der Waals surface area contributed by atoms with Gasteiger partial charge in [-0.1, -0.05) is 13.0 Å². The van der Waals surface area contributed by atoms with Gasteiger partial charge >= 0.3 is 5.97 Å². The van der Waals surface area contributed by atoms with E-state index in [1.807, 2.05) is 37.4 Å². The summed E-state index contributed by atoms with van der Waals surface area (Å²) in [6.07, 6.45) is 0.784. The van der Waals surface area contributed by atoms with Gasteiger partial charge in [-0.15, -0.1) is 11.3 Å². The standard InChI is InChI=1S/C16H19NO3S/c1-4-7-20-16(18)14-12(9-21-15(14)17)11-5-6-13(19-3)10(2)8-11/h5-6,8-9H,4,7,17H2,1-3H3. The van der Waals surface area contributed by atoms with Gasteiger partial charge in [0.05, 0.1) is 13.7 Å². The van der Waals surface area contributed by atoms with E-state index >= 15 is 0 Å². The molecule has 5 heteroatoms. The first-order chi connectivity index (χ1) is 10.1. The van der Waals surface area contributed by atoms with Crippen molar-refractivity contribution in [2.24, 2.45) is 0 Å². The smallest absolute Gasteiger partial charge is 0.341 e. The number of hydrogen-bond acceptors (Lipinski definition) is 5. The van der Waals surface area contributed by atoms with Crippen molar-refractivity contribution in [3.63, 3.8) is 0 Å². The fraction of sp³-hybridized carbons (Fsp3) is 0.312. The molecule has 2 N–H and O–H groups in total. The van der Waals surface area contributed by atoms with E-state index in [9.17, 15) is 4.79 Å². The van der Waals surface area contributed by atoms with Crippen molar-refractivity contribution >= 4 is 22.3 Å². The number of benzene rings is 1. The first-order valence-electron chi connectivity index (χ1n) is 6.77. The summed E-state index contributed by atoms with van der Waals surface area (Å²) in [5.41, 5.74) is 9.15. The predicted molar refractivity (Wildman–Crippen MR) is 86.0 cm³/mol. The number of nitrogens with two attached hydrogens (primary N) is 1. The lowest BCUT2D eigenvalue weighted by molar-refractivity contribution is 0.0508. The van der Waals surface area contributed by atoms with Crippen LogP contribution in [0.25, 0.3) is 11.1 Å². The number of hydrogen-bond donors (Lipinski definition) is 1. The molecular weight excluding hydrogens is 286 g/mol. The van der Waals surface area contributed by atoms with E-state index in [1.165, 1.54) is 11.3 Å². The zero-order valence-corrected chi connectivity index (χ0v) is 13.3. The van der Waals surface area contributed by atoms with Gasteiger partial charge in [0.15, 0.2) is 0 Å². The minimum Gasteiger partial charge on any atom is -0.496 e. The van der Waals surface area contributed by atoms with Crippen LogP contribution in [-0.4, -0.2) is 19.7 Å². The number of methoxy groups -OCH3 is 1. The van der Waals surface area contributed by atoms with Crippen LogP contribution in [0.5, 0.6) is 5.75 Å². The molecule has 0 radical (unpaired) electrons. The van der Waals surface area contributed by atoms with Gasteiger partial charge in [-0.3, -0.25) is 0 Å². The minimum atomic E-state index is -0.362. The number of carbonyl (C=O) groups is 1. The summed E-state index contributed by atoms with van der Waals surface area (Å²) in [6.45, 7) is 4.32. The third kappa shape index (κ3) is 3.19. The van der Waals surface area contributed by atoms with Crippen LogP contribution in [0.1, 0.15) is 29.3 Å². The molecule has 1 heterocycles. The SMILES string of the molecule is CCCOC(=O)c1c(-c2ccc(OC)c(C)c2)csc1N. The van der Waals surface area contributed by atoms with Gasteiger partial charge in [0.25, 0.3) is 0 Å². The highest BCUT2D eigenvalue weighted by molar-refractivity contribution is 7.14. The van der Waals surface area contributed by atoms with Crippen molar-refractivity contribution in [2.75, 3.05) is 19.5 Å². The summed E-state index contributed by atoms with van der Waals surface area (Å²) in [7, 11) is 1.64. The van der Waals surface area contributed by atoms with Crippen molar-refractivity contribution in [2.45, 2.75) is 20.3 Å². The van der Waals surface area contributed by atoms with Crippen LogP contribution in [0.3, 0.4) is 0 Å². The lowest BCUT2D eigenvalue weighted by Crippen LogP contribution is -2.08. The second-order valence-electron chi connectivity index (χ2n) is 4.71.